The van der Waals surface area contributed by atoms with Gasteiger partial charge in [0.25, 0.3) is 0 Å². The first-order chi connectivity index (χ1) is 7.96. The number of pyridine rings is 1. The van der Waals surface area contributed by atoms with E-state index in [0.717, 1.165) is 18.5 Å². The molecule has 3 heteroatoms. The molecular formula is C14H22N2O. The zero-order valence-corrected chi connectivity index (χ0v) is 11.0. The molecule has 0 spiro atoms. The summed E-state index contributed by atoms with van der Waals surface area (Å²) in [7, 11) is 0. The van der Waals surface area contributed by atoms with Gasteiger partial charge in [-0.05, 0) is 51.7 Å². The average Bonchev–Trinajstić information content (AvgIpc) is 2.71. The molecule has 2 N–H and O–H groups in total. The van der Waals surface area contributed by atoms with E-state index in [0.29, 0.717) is 6.54 Å². The molecule has 17 heavy (non-hydrogen) atoms. The maximum Gasteiger partial charge on any atom is 0.108 e. The SMILES string of the molecule is CC(C)(C)NC[C@H](O)c1ccc2c(n1)CCC2. The third-order valence-corrected chi connectivity index (χ3v) is 3.12. The van der Waals surface area contributed by atoms with Crippen LogP contribution in [0.4, 0.5) is 0 Å². The maximum absolute atomic E-state index is 10.1. The Bertz CT molecular complexity index is 396. The molecule has 1 heterocycles. The molecule has 0 unspecified atom stereocenters. The Labute approximate surface area is 103 Å². The summed E-state index contributed by atoms with van der Waals surface area (Å²) < 4.78 is 0. The Balaban J connectivity index is 2.02. The second-order valence-corrected chi connectivity index (χ2v) is 5.84. The summed E-state index contributed by atoms with van der Waals surface area (Å²) in [4.78, 5) is 4.56. The molecule has 0 radical (unpaired) electrons. The lowest BCUT2D eigenvalue weighted by atomic mass is 10.1. The minimum Gasteiger partial charge on any atom is -0.385 e. The monoisotopic (exact) mass is 234 g/mol. The summed E-state index contributed by atoms with van der Waals surface area (Å²) >= 11 is 0. The normalized spacial score (nSPS) is 16.9. The third kappa shape index (κ3) is 3.27. The van der Waals surface area contributed by atoms with Crippen molar-refractivity contribution in [1.82, 2.24) is 10.3 Å². The van der Waals surface area contributed by atoms with Crippen LogP contribution in [0.2, 0.25) is 0 Å². The van der Waals surface area contributed by atoms with Crippen LogP contribution in [0.1, 0.15) is 50.2 Å². The van der Waals surface area contributed by atoms with Gasteiger partial charge in [-0.1, -0.05) is 6.07 Å². The highest BCUT2D eigenvalue weighted by molar-refractivity contribution is 5.27. The van der Waals surface area contributed by atoms with Crippen molar-refractivity contribution in [3.8, 4) is 0 Å². The van der Waals surface area contributed by atoms with E-state index in [2.05, 4.69) is 37.1 Å². The molecule has 1 aliphatic carbocycles. The molecule has 3 nitrogen and oxygen atoms in total. The summed E-state index contributed by atoms with van der Waals surface area (Å²) in [6.07, 6.45) is 2.88. The number of hydrogen-bond donors (Lipinski definition) is 2. The van der Waals surface area contributed by atoms with E-state index in [1.165, 1.54) is 17.7 Å². The fourth-order valence-corrected chi connectivity index (χ4v) is 2.13. The van der Waals surface area contributed by atoms with Gasteiger partial charge >= 0.3 is 0 Å². The number of hydrogen-bond acceptors (Lipinski definition) is 3. The summed E-state index contributed by atoms with van der Waals surface area (Å²) in [6, 6.07) is 4.07. The molecular weight excluding hydrogens is 212 g/mol. The fraction of sp³-hybridized carbons (Fsp3) is 0.643. The standard InChI is InChI=1S/C14H22N2O/c1-14(2,3)15-9-13(17)12-8-7-10-5-4-6-11(10)16-12/h7-8,13,15,17H,4-6,9H2,1-3H3/t13-/m0/s1. The minimum absolute atomic E-state index is 0.0255. The Morgan fingerprint density at radius 2 is 2.12 bits per heavy atom. The van der Waals surface area contributed by atoms with Crippen molar-refractivity contribution in [2.75, 3.05) is 6.54 Å². The molecule has 1 aliphatic rings. The van der Waals surface area contributed by atoms with E-state index in [1.54, 1.807) is 0 Å². The van der Waals surface area contributed by atoms with E-state index < -0.39 is 6.10 Å². The third-order valence-electron chi connectivity index (χ3n) is 3.12. The van der Waals surface area contributed by atoms with E-state index in [9.17, 15) is 5.11 Å². The topological polar surface area (TPSA) is 45.1 Å². The number of nitrogens with one attached hydrogen (secondary N) is 1. The molecule has 94 valence electrons. The highest BCUT2D eigenvalue weighted by Crippen LogP contribution is 2.22. The van der Waals surface area contributed by atoms with Gasteiger partial charge in [0.05, 0.1) is 5.69 Å². The number of fused-ring (bicyclic) bond motifs is 1. The second kappa shape index (κ2) is 4.75. The minimum atomic E-state index is -0.514. The number of nitrogens with zero attached hydrogens (tertiary/aromatic N) is 1. The first-order valence-corrected chi connectivity index (χ1v) is 6.37. The predicted molar refractivity (Wildman–Crippen MR) is 69.0 cm³/mol. The Hall–Kier alpha value is -0.930. The van der Waals surface area contributed by atoms with Gasteiger partial charge in [-0.25, -0.2) is 0 Å². The average molecular weight is 234 g/mol. The summed E-state index contributed by atoms with van der Waals surface area (Å²) in [5.41, 5.74) is 3.35. The molecule has 0 saturated carbocycles. The molecule has 0 saturated heterocycles. The van der Waals surface area contributed by atoms with Gasteiger partial charge in [-0.3, -0.25) is 4.98 Å². The van der Waals surface area contributed by atoms with Crippen molar-refractivity contribution in [3.05, 3.63) is 29.1 Å². The van der Waals surface area contributed by atoms with Gasteiger partial charge in [0, 0.05) is 17.8 Å². The van der Waals surface area contributed by atoms with Crippen LogP contribution < -0.4 is 5.32 Å². The molecule has 0 amide bonds. The molecule has 1 aromatic heterocycles. The maximum atomic E-state index is 10.1. The molecule has 0 fully saturated rings. The van der Waals surface area contributed by atoms with Crippen LogP contribution in [-0.2, 0) is 12.8 Å². The molecule has 0 bridgehead atoms. The number of β-amino-alcohol motifs (C(OH)–C–C–N with tert-alkyl or cyclic N) is 1. The predicted octanol–water partition coefficient (Wildman–Crippen LogP) is 1.99. The molecule has 1 aromatic rings. The van der Waals surface area contributed by atoms with Crippen LogP contribution in [0.5, 0.6) is 0 Å². The van der Waals surface area contributed by atoms with Crippen LogP contribution in [0.15, 0.2) is 12.1 Å². The zero-order chi connectivity index (χ0) is 12.5. The highest BCUT2D eigenvalue weighted by atomic mass is 16.3. The fourth-order valence-electron chi connectivity index (χ4n) is 2.13. The van der Waals surface area contributed by atoms with E-state index in [1.807, 2.05) is 6.07 Å². The number of aliphatic hydroxyl groups excluding tert-OH is 1. The van der Waals surface area contributed by atoms with E-state index in [-0.39, 0.29) is 5.54 Å². The van der Waals surface area contributed by atoms with Gasteiger partial charge in [0.2, 0.25) is 0 Å². The van der Waals surface area contributed by atoms with Gasteiger partial charge < -0.3 is 10.4 Å². The smallest absolute Gasteiger partial charge is 0.108 e. The highest BCUT2D eigenvalue weighted by Gasteiger charge is 2.17. The molecule has 0 aliphatic heterocycles. The quantitative estimate of drug-likeness (QED) is 0.840. The van der Waals surface area contributed by atoms with Crippen molar-refractivity contribution < 1.29 is 5.11 Å². The van der Waals surface area contributed by atoms with Gasteiger partial charge in [0.1, 0.15) is 6.10 Å². The molecule has 0 aromatic carbocycles. The Kier molecular flexibility index (Phi) is 3.50. The second-order valence-electron chi connectivity index (χ2n) is 5.84. The number of rotatable bonds is 3. The van der Waals surface area contributed by atoms with Crippen molar-refractivity contribution in [2.45, 2.75) is 51.7 Å². The van der Waals surface area contributed by atoms with E-state index in [4.69, 9.17) is 0 Å². The first kappa shape index (κ1) is 12.5. The lowest BCUT2D eigenvalue weighted by Crippen LogP contribution is -2.38. The summed E-state index contributed by atoms with van der Waals surface area (Å²) in [5, 5.41) is 13.4. The molecule has 2 rings (SSSR count). The zero-order valence-electron chi connectivity index (χ0n) is 11.0. The van der Waals surface area contributed by atoms with Crippen LogP contribution in [0.25, 0.3) is 0 Å². The number of aromatic nitrogens is 1. The van der Waals surface area contributed by atoms with Gasteiger partial charge in [-0.15, -0.1) is 0 Å². The van der Waals surface area contributed by atoms with Crippen LogP contribution in [-0.4, -0.2) is 22.2 Å². The Morgan fingerprint density at radius 3 is 2.82 bits per heavy atom. The van der Waals surface area contributed by atoms with Gasteiger partial charge in [-0.2, -0.15) is 0 Å². The van der Waals surface area contributed by atoms with Crippen molar-refractivity contribution in [3.63, 3.8) is 0 Å². The van der Waals surface area contributed by atoms with Crippen LogP contribution >= 0.6 is 0 Å². The lowest BCUT2D eigenvalue weighted by molar-refractivity contribution is 0.159. The summed E-state index contributed by atoms with van der Waals surface area (Å²) in [5.74, 6) is 0. The van der Waals surface area contributed by atoms with Crippen LogP contribution in [0.3, 0.4) is 0 Å². The van der Waals surface area contributed by atoms with Gasteiger partial charge in [0.15, 0.2) is 0 Å². The number of aryl methyl sites for hydroxylation is 2. The van der Waals surface area contributed by atoms with Crippen LogP contribution in [0, 0.1) is 0 Å². The van der Waals surface area contributed by atoms with Crippen molar-refractivity contribution >= 4 is 0 Å². The van der Waals surface area contributed by atoms with E-state index >= 15 is 0 Å². The number of aliphatic hydroxyl groups is 1. The summed E-state index contributed by atoms with van der Waals surface area (Å²) in [6.45, 7) is 6.83. The Morgan fingerprint density at radius 1 is 1.35 bits per heavy atom. The van der Waals surface area contributed by atoms with Crippen molar-refractivity contribution in [2.24, 2.45) is 0 Å². The molecule has 1 atom stereocenters. The van der Waals surface area contributed by atoms with Crippen molar-refractivity contribution in [1.29, 1.82) is 0 Å². The first-order valence-electron chi connectivity index (χ1n) is 6.37. The largest absolute Gasteiger partial charge is 0.385 e. The lowest BCUT2D eigenvalue weighted by Gasteiger charge is -2.22.